The molecule has 0 aliphatic carbocycles. The number of benzene rings is 1. The van der Waals surface area contributed by atoms with Gasteiger partial charge >= 0.3 is 0 Å². The zero-order chi connectivity index (χ0) is 12.1. The second-order valence-corrected chi connectivity index (χ2v) is 6.06. The molecule has 0 nitrogen and oxygen atoms in total. The number of hydrogen-bond donors (Lipinski definition) is 0. The minimum Gasteiger partial charge on any atom is -0.144 e. The van der Waals surface area contributed by atoms with Crippen molar-refractivity contribution in [3.63, 3.8) is 0 Å². The Morgan fingerprint density at radius 3 is 2.88 bits per heavy atom. The summed E-state index contributed by atoms with van der Waals surface area (Å²) >= 11 is 8.09. The highest BCUT2D eigenvalue weighted by molar-refractivity contribution is 7.17. The van der Waals surface area contributed by atoms with Gasteiger partial charge in [-0.15, -0.1) is 22.9 Å². The monoisotopic (exact) mass is 266 g/mol. The lowest BCUT2D eigenvalue weighted by atomic mass is 10.0. The van der Waals surface area contributed by atoms with Gasteiger partial charge in [0.25, 0.3) is 0 Å². The molecule has 2 aromatic rings. The lowest BCUT2D eigenvalue weighted by Crippen LogP contribution is -1.98. The summed E-state index contributed by atoms with van der Waals surface area (Å²) in [6, 6.07) is 8.66. The van der Waals surface area contributed by atoms with Gasteiger partial charge in [0.15, 0.2) is 0 Å². The molecule has 0 bridgehead atoms. The van der Waals surface area contributed by atoms with Gasteiger partial charge in [-0.25, -0.2) is 0 Å². The van der Waals surface area contributed by atoms with Crippen LogP contribution in [0.25, 0.3) is 10.1 Å². The van der Waals surface area contributed by atoms with Gasteiger partial charge in [0.2, 0.25) is 0 Å². The Labute approximate surface area is 113 Å². The molecule has 0 aliphatic heterocycles. The standard InChI is InChI=1S/C15H19ClS/c1-2-6-13(16)8-5-7-12-11-17-15-10-4-3-9-14(12)15/h3-4,9-11,13H,2,5-8H2,1H3. The Morgan fingerprint density at radius 1 is 1.24 bits per heavy atom. The van der Waals surface area contributed by atoms with Crippen LogP contribution in [0.4, 0.5) is 0 Å². The summed E-state index contributed by atoms with van der Waals surface area (Å²) in [7, 11) is 0. The van der Waals surface area contributed by atoms with E-state index in [9.17, 15) is 0 Å². The molecule has 1 aromatic heterocycles. The van der Waals surface area contributed by atoms with Crippen molar-refractivity contribution in [3.8, 4) is 0 Å². The fourth-order valence-corrected chi connectivity index (χ4v) is 3.57. The van der Waals surface area contributed by atoms with Crippen LogP contribution in [-0.2, 0) is 6.42 Å². The predicted molar refractivity (Wildman–Crippen MR) is 79.3 cm³/mol. The molecular weight excluding hydrogens is 248 g/mol. The van der Waals surface area contributed by atoms with Crippen LogP contribution >= 0.6 is 22.9 Å². The summed E-state index contributed by atoms with van der Waals surface area (Å²) in [5, 5.41) is 4.09. The van der Waals surface area contributed by atoms with Gasteiger partial charge in [0, 0.05) is 10.1 Å². The molecule has 0 saturated heterocycles. The van der Waals surface area contributed by atoms with E-state index in [4.69, 9.17) is 11.6 Å². The van der Waals surface area contributed by atoms with Gasteiger partial charge in [0.1, 0.15) is 0 Å². The number of fused-ring (bicyclic) bond motifs is 1. The van der Waals surface area contributed by atoms with Crippen LogP contribution in [0.15, 0.2) is 29.6 Å². The molecule has 0 radical (unpaired) electrons. The van der Waals surface area contributed by atoms with E-state index in [1.54, 1.807) is 0 Å². The number of halogens is 1. The van der Waals surface area contributed by atoms with Crippen molar-refractivity contribution in [1.29, 1.82) is 0 Å². The fraction of sp³-hybridized carbons (Fsp3) is 0.467. The van der Waals surface area contributed by atoms with Crippen molar-refractivity contribution in [2.75, 3.05) is 0 Å². The van der Waals surface area contributed by atoms with Crippen LogP contribution in [0.3, 0.4) is 0 Å². The average molecular weight is 267 g/mol. The van der Waals surface area contributed by atoms with Crippen LogP contribution in [0.2, 0.25) is 0 Å². The molecule has 0 aliphatic rings. The largest absolute Gasteiger partial charge is 0.144 e. The summed E-state index contributed by atoms with van der Waals surface area (Å²) in [4.78, 5) is 0. The van der Waals surface area contributed by atoms with E-state index in [1.807, 2.05) is 11.3 Å². The maximum atomic E-state index is 6.24. The number of aryl methyl sites for hydroxylation is 1. The first kappa shape index (κ1) is 12.9. The van der Waals surface area contributed by atoms with Gasteiger partial charge in [-0.2, -0.15) is 0 Å². The summed E-state index contributed by atoms with van der Waals surface area (Å²) in [6.45, 7) is 2.20. The number of hydrogen-bond acceptors (Lipinski definition) is 1. The fourth-order valence-electron chi connectivity index (χ4n) is 2.20. The Morgan fingerprint density at radius 2 is 2.06 bits per heavy atom. The smallest absolute Gasteiger partial charge is 0.0345 e. The number of thiophene rings is 1. The van der Waals surface area contributed by atoms with Crippen molar-refractivity contribution < 1.29 is 0 Å². The van der Waals surface area contributed by atoms with Crippen LogP contribution in [-0.4, -0.2) is 5.38 Å². The molecule has 1 aromatic carbocycles. The minimum absolute atomic E-state index is 0.366. The van der Waals surface area contributed by atoms with Crippen molar-refractivity contribution in [2.45, 2.75) is 44.4 Å². The highest BCUT2D eigenvalue weighted by atomic mass is 35.5. The Bertz CT molecular complexity index is 461. The molecule has 0 N–H and O–H groups in total. The van der Waals surface area contributed by atoms with Crippen LogP contribution in [0.5, 0.6) is 0 Å². The molecule has 17 heavy (non-hydrogen) atoms. The predicted octanol–water partition coefficient (Wildman–Crippen LogP) is 5.63. The highest BCUT2D eigenvalue weighted by Gasteiger charge is 2.06. The van der Waals surface area contributed by atoms with Gasteiger partial charge in [0.05, 0.1) is 0 Å². The van der Waals surface area contributed by atoms with Crippen LogP contribution in [0.1, 0.15) is 38.2 Å². The third kappa shape index (κ3) is 3.46. The average Bonchev–Trinajstić information content (AvgIpc) is 2.73. The van der Waals surface area contributed by atoms with E-state index in [1.165, 1.54) is 28.5 Å². The van der Waals surface area contributed by atoms with E-state index in [2.05, 4.69) is 36.6 Å². The topological polar surface area (TPSA) is 0 Å². The molecular formula is C15H19ClS. The Balaban J connectivity index is 1.91. The maximum Gasteiger partial charge on any atom is 0.0345 e. The second kappa shape index (κ2) is 6.42. The van der Waals surface area contributed by atoms with Crippen molar-refractivity contribution in [2.24, 2.45) is 0 Å². The highest BCUT2D eigenvalue weighted by Crippen LogP contribution is 2.27. The van der Waals surface area contributed by atoms with Crippen molar-refractivity contribution >= 4 is 33.0 Å². The van der Waals surface area contributed by atoms with Gasteiger partial charge in [-0.1, -0.05) is 31.5 Å². The molecule has 1 atom stereocenters. The normalized spacial score (nSPS) is 13.1. The second-order valence-electron chi connectivity index (χ2n) is 4.54. The maximum absolute atomic E-state index is 6.24. The van der Waals surface area contributed by atoms with E-state index >= 15 is 0 Å². The zero-order valence-corrected chi connectivity index (χ0v) is 11.9. The first-order valence-electron chi connectivity index (χ1n) is 6.40. The van der Waals surface area contributed by atoms with Crippen LogP contribution in [0, 0.1) is 0 Å². The molecule has 2 rings (SSSR count). The molecule has 92 valence electrons. The van der Waals surface area contributed by atoms with Crippen molar-refractivity contribution in [1.82, 2.24) is 0 Å². The third-order valence-electron chi connectivity index (χ3n) is 3.13. The molecule has 0 amide bonds. The SMILES string of the molecule is CCCC(Cl)CCCc1csc2ccccc12. The number of rotatable bonds is 6. The molecule has 0 spiro atoms. The van der Waals surface area contributed by atoms with Crippen molar-refractivity contribution in [3.05, 3.63) is 35.2 Å². The molecule has 0 saturated carbocycles. The van der Waals surface area contributed by atoms with E-state index in [0.29, 0.717) is 5.38 Å². The summed E-state index contributed by atoms with van der Waals surface area (Å²) in [6.07, 6.45) is 5.84. The quantitative estimate of drug-likeness (QED) is 0.594. The van der Waals surface area contributed by atoms with Gasteiger partial charge in [-0.05, 0) is 48.1 Å². The third-order valence-corrected chi connectivity index (χ3v) is 4.58. The minimum atomic E-state index is 0.366. The lowest BCUT2D eigenvalue weighted by molar-refractivity contribution is 0.641. The van der Waals surface area contributed by atoms with E-state index < -0.39 is 0 Å². The first-order chi connectivity index (χ1) is 8.31. The molecule has 0 fully saturated rings. The van der Waals surface area contributed by atoms with Gasteiger partial charge in [-0.3, -0.25) is 0 Å². The molecule has 1 unspecified atom stereocenters. The van der Waals surface area contributed by atoms with E-state index in [-0.39, 0.29) is 0 Å². The summed E-state index contributed by atoms with van der Waals surface area (Å²) < 4.78 is 1.40. The van der Waals surface area contributed by atoms with Gasteiger partial charge < -0.3 is 0 Å². The summed E-state index contributed by atoms with van der Waals surface area (Å²) in [5.41, 5.74) is 1.49. The Hall–Kier alpha value is -0.530. The molecule has 1 heterocycles. The van der Waals surface area contributed by atoms with E-state index in [0.717, 1.165) is 19.3 Å². The van der Waals surface area contributed by atoms with Crippen LogP contribution < -0.4 is 0 Å². The first-order valence-corrected chi connectivity index (χ1v) is 7.72. The lowest BCUT2D eigenvalue weighted by Gasteiger charge is -2.06. The Kier molecular flexibility index (Phi) is 4.87. The number of alkyl halides is 1. The molecule has 2 heteroatoms. The summed E-state index contributed by atoms with van der Waals surface area (Å²) in [5.74, 6) is 0. The zero-order valence-electron chi connectivity index (χ0n) is 10.3.